The van der Waals surface area contributed by atoms with Gasteiger partial charge in [-0.15, -0.1) is 11.3 Å². The summed E-state index contributed by atoms with van der Waals surface area (Å²) in [6, 6.07) is 2.33. The van der Waals surface area contributed by atoms with Crippen molar-refractivity contribution >= 4 is 27.3 Å². The van der Waals surface area contributed by atoms with Crippen LogP contribution in [0.3, 0.4) is 0 Å². The summed E-state index contributed by atoms with van der Waals surface area (Å²) in [5, 5.41) is 2.08. The van der Waals surface area contributed by atoms with Crippen molar-refractivity contribution in [3.05, 3.63) is 20.8 Å². The van der Waals surface area contributed by atoms with Crippen LogP contribution in [0.4, 0.5) is 0 Å². The monoisotopic (exact) mass is 320 g/mol. The van der Waals surface area contributed by atoms with E-state index in [1.54, 1.807) is 11.3 Å². The SMILES string of the molecule is CC(C)OCCN(C)C(CN)c1sccc1Br. The van der Waals surface area contributed by atoms with Gasteiger partial charge in [-0.05, 0) is 48.3 Å². The third-order valence-electron chi connectivity index (χ3n) is 2.60. The van der Waals surface area contributed by atoms with Crippen LogP contribution in [0.2, 0.25) is 0 Å². The van der Waals surface area contributed by atoms with Crippen molar-refractivity contribution in [2.24, 2.45) is 5.73 Å². The second-order valence-corrected chi connectivity index (χ2v) is 6.09. The van der Waals surface area contributed by atoms with Crippen LogP contribution in [0.1, 0.15) is 24.8 Å². The maximum atomic E-state index is 5.87. The van der Waals surface area contributed by atoms with Crippen LogP contribution >= 0.6 is 27.3 Å². The van der Waals surface area contributed by atoms with Crippen LogP contribution in [-0.2, 0) is 4.74 Å². The van der Waals surface area contributed by atoms with E-state index < -0.39 is 0 Å². The van der Waals surface area contributed by atoms with E-state index in [0.717, 1.165) is 17.6 Å². The first-order valence-electron chi connectivity index (χ1n) is 5.81. The number of likely N-dealkylation sites (N-methyl/N-ethyl adjacent to an activating group) is 1. The van der Waals surface area contributed by atoms with E-state index in [0.29, 0.717) is 6.54 Å². The average molecular weight is 321 g/mol. The molecule has 17 heavy (non-hydrogen) atoms. The fourth-order valence-corrected chi connectivity index (χ4v) is 3.43. The Morgan fingerprint density at radius 3 is 2.71 bits per heavy atom. The standard InChI is InChI=1S/C12H21BrN2OS/c1-9(2)16-6-5-15(3)11(8-14)12-10(13)4-7-17-12/h4,7,9,11H,5-6,8,14H2,1-3H3. The van der Waals surface area contributed by atoms with Crippen molar-refractivity contribution in [2.75, 3.05) is 26.7 Å². The molecule has 0 amide bonds. The quantitative estimate of drug-likeness (QED) is 0.839. The minimum Gasteiger partial charge on any atom is -0.377 e. The van der Waals surface area contributed by atoms with E-state index in [2.05, 4.69) is 53.2 Å². The Balaban J connectivity index is 2.53. The number of rotatable bonds is 7. The van der Waals surface area contributed by atoms with E-state index >= 15 is 0 Å². The fourth-order valence-electron chi connectivity index (χ4n) is 1.62. The molecule has 1 aromatic rings. The van der Waals surface area contributed by atoms with Crippen LogP contribution in [-0.4, -0.2) is 37.7 Å². The number of nitrogens with two attached hydrogens (primary N) is 1. The van der Waals surface area contributed by atoms with Crippen LogP contribution in [0.5, 0.6) is 0 Å². The molecule has 0 bridgehead atoms. The number of nitrogens with zero attached hydrogens (tertiary/aromatic N) is 1. The van der Waals surface area contributed by atoms with Gasteiger partial charge in [0.25, 0.3) is 0 Å². The van der Waals surface area contributed by atoms with Crippen molar-refractivity contribution in [1.82, 2.24) is 4.90 Å². The zero-order valence-corrected chi connectivity index (χ0v) is 13.1. The summed E-state index contributed by atoms with van der Waals surface area (Å²) in [7, 11) is 2.09. The highest BCUT2D eigenvalue weighted by Gasteiger charge is 2.18. The van der Waals surface area contributed by atoms with Crippen molar-refractivity contribution < 1.29 is 4.74 Å². The Bertz CT molecular complexity index is 330. The van der Waals surface area contributed by atoms with Gasteiger partial charge in [0.15, 0.2) is 0 Å². The summed E-state index contributed by atoms with van der Waals surface area (Å²) in [5.74, 6) is 0. The molecule has 1 atom stereocenters. The molecular formula is C12H21BrN2OS. The van der Waals surface area contributed by atoms with Gasteiger partial charge < -0.3 is 10.5 Å². The largest absolute Gasteiger partial charge is 0.377 e. The van der Waals surface area contributed by atoms with Crippen LogP contribution < -0.4 is 5.73 Å². The van der Waals surface area contributed by atoms with Crippen molar-refractivity contribution in [1.29, 1.82) is 0 Å². The Labute approximate surface area is 116 Å². The van der Waals surface area contributed by atoms with E-state index in [1.165, 1.54) is 4.88 Å². The van der Waals surface area contributed by atoms with Gasteiger partial charge in [-0.25, -0.2) is 0 Å². The number of hydrogen-bond donors (Lipinski definition) is 1. The molecule has 1 rings (SSSR count). The molecule has 2 N–H and O–H groups in total. The summed E-state index contributed by atoms with van der Waals surface area (Å²) in [4.78, 5) is 3.54. The molecule has 98 valence electrons. The van der Waals surface area contributed by atoms with E-state index in [9.17, 15) is 0 Å². The predicted octanol–water partition coefficient (Wildman–Crippen LogP) is 2.87. The first-order chi connectivity index (χ1) is 8.06. The van der Waals surface area contributed by atoms with Gasteiger partial charge in [0.05, 0.1) is 18.8 Å². The molecule has 1 unspecified atom stereocenters. The van der Waals surface area contributed by atoms with Gasteiger partial charge in [0, 0.05) is 22.4 Å². The third-order valence-corrected chi connectivity index (χ3v) is 4.57. The van der Waals surface area contributed by atoms with Gasteiger partial charge in [0.2, 0.25) is 0 Å². The van der Waals surface area contributed by atoms with E-state index in [-0.39, 0.29) is 12.1 Å². The molecule has 1 aromatic heterocycles. The van der Waals surface area contributed by atoms with Crippen LogP contribution in [0.25, 0.3) is 0 Å². The van der Waals surface area contributed by atoms with Gasteiger partial charge in [0.1, 0.15) is 0 Å². The topological polar surface area (TPSA) is 38.5 Å². The summed E-state index contributed by atoms with van der Waals surface area (Å²) in [6.45, 7) is 6.36. The Kier molecular flexibility index (Phi) is 6.66. The fraction of sp³-hybridized carbons (Fsp3) is 0.667. The third kappa shape index (κ3) is 4.67. The lowest BCUT2D eigenvalue weighted by Crippen LogP contribution is -2.33. The maximum absolute atomic E-state index is 5.87. The second kappa shape index (κ2) is 7.48. The zero-order valence-electron chi connectivity index (χ0n) is 10.6. The minimum atomic E-state index is 0.264. The number of hydrogen-bond acceptors (Lipinski definition) is 4. The van der Waals surface area contributed by atoms with E-state index in [1.807, 2.05) is 0 Å². The van der Waals surface area contributed by atoms with Gasteiger partial charge in [-0.3, -0.25) is 4.90 Å². The normalized spacial score (nSPS) is 13.6. The zero-order chi connectivity index (χ0) is 12.8. The number of thiophene rings is 1. The molecule has 0 aliphatic heterocycles. The van der Waals surface area contributed by atoms with Crippen LogP contribution in [0.15, 0.2) is 15.9 Å². The molecule has 0 aliphatic carbocycles. The van der Waals surface area contributed by atoms with Crippen molar-refractivity contribution in [2.45, 2.75) is 26.0 Å². The molecule has 0 fully saturated rings. The highest BCUT2D eigenvalue weighted by Crippen LogP contribution is 2.31. The van der Waals surface area contributed by atoms with Crippen LogP contribution in [0, 0.1) is 0 Å². The lowest BCUT2D eigenvalue weighted by atomic mass is 10.2. The Hall–Kier alpha value is 0.0600. The van der Waals surface area contributed by atoms with Gasteiger partial charge >= 0.3 is 0 Å². The van der Waals surface area contributed by atoms with E-state index in [4.69, 9.17) is 10.5 Å². The summed E-state index contributed by atoms with van der Waals surface area (Å²) in [5.41, 5.74) is 5.87. The summed E-state index contributed by atoms with van der Waals surface area (Å²) in [6.07, 6.45) is 0.285. The molecule has 5 heteroatoms. The lowest BCUT2D eigenvalue weighted by molar-refractivity contribution is 0.0567. The Morgan fingerprint density at radius 2 is 2.24 bits per heavy atom. The molecule has 3 nitrogen and oxygen atoms in total. The Morgan fingerprint density at radius 1 is 1.53 bits per heavy atom. The average Bonchev–Trinajstić information content (AvgIpc) is 2.66. The first-order valence-corrected chi connectivity index (χ1v) is 7.48. The molecule has 1 heterocycles. The second-order valence-electron chi connectivity index (χ2n) is 4.28. The summed E-state index contributed by atoms with van der Waals surface area (Å²) >= 11 is 5.31. The van der Waals surface area contributed by atoms with Crippen molar-refractivity contribution in [3.63, 3.8) is 0 Å². The highest BCUT2D eigenvalue weighted by atomic mass is 79.9. The number of halogens is 1. The smallest absolute Gasteiger partial charge is 0.0597 e. The van der Waals surface area contributed by atoms with Gasteiger partial charge in [-0.1, -0.05) is 0 Å². The highest BCUT2D eigenvalue weighted by molar-refractivity contribution is 9.10. The number of ether oxygens (including phenoxy) is 1. The molecule has 0 saturated heterocycles. The molecule has 0 saturated carbocycles. The minimum absolute atomic E-state index is 0.264. The first kappa shape index (κ1) is 15.1. The van der Waals surface area contributed by atoms with Crippen molar-refractivity contribution in [3.8, 4) is 0 Å². The molecule has 0 radical (unpaired) electrons. The molecular weight excluding hydrogens is 300 g/mol. The molecule has 0 aliphatic rings. The lowest BCUT2D eigenvalue weighted by Gasteiger charge is -2.26. The maximum Gasteiger partial charge on any atom is 0.0597 e. The molecule has 0 spiro atoms. The van der Waals surface area contributed by atoms with Gasteiger partial charge in [-0.2, -0.15) is 0 Å². The predicted molar refractivity (Wildman–Crippen MR) is 77.5 cm³/mol. The summed E-state index contributed by atoms with van der Waals surface area (Å²) < 4.78 is 6.71. The molecule has 0 aromatic carbocycles.